The summed E-state index contributed by atoms with van der Waals surface area (Å²) in [6.07, 6.45) is 2.28. The Morgan fingerprint density at radius 3 is 2.79 bits per heavy atom. The third-order valence-electron chi connectivity index (χ3n) is 4.95. The molecule has 0 fully saturated rings. The van der Waals surface area contributed by atoms with Crippen LogP contribution in [0.2, 0.25) is 0 Å². The molecule has 2 aromatic heterocycles. The number of nitrogens with one attached hydrogen (secondary N) is 1. The summed E-state index contributed by atoms with van der Waals surface area (Å²) < 4.78 is 5.60. The van der Waals surface area contributed by atoms with Gasteiger partial charge in [0.05, 0.1) is 18.5 Å². The van der Waals surface area contributed by atoms with Crippen LogP contribution in [0.15, 0.2) is 69.7 Å². The summed E-state index contributed by atoms with van der Waals surface area (Å²) in [7, 11) is 0. The largest absolute Gasteiger partial charge is 0.467 e. The molecule has 4 rings (SSSR count). The van der Waals surface area contributed by atoms with E-state index in [0.29, 0.717) is 6.42 Å². The summed E-state index contributed by atoms with van der Waals surface area (Å²) in [5, 5.41) is 11.6. The number of carbonyl (C=O) groups excluding carboxylic acids is 1. The van der Waals surface area contributed by atoms with E-state index in [1.807, 2.05) is 23.6 Å². The Labute approximate surface area is 168 Å². The summed E-state index contributed by atoms with van der Waals surface area (Å²) in [4.78, 5) is 14.2. The number of hydrogen-bond donors (Lipinski definition) is 1. The van der Waals surface area contributed by atoms with Gasteiger partial charge in [-0.05, 0) is 43.0 Å². The molecule has 2 atom stereocenters. The van der Waals surface area contributed by atoms with Crippen LogP contribution in [0, 0.1) is 6.92 Å². The quantitative estimate of drug-likeness (QED) is 0.662. The molecule has 1 amide bonds. The minimum Gasteiger partial charge on any atom is -0.467 e. The van der Waals surface area contributed by atoms with Gasteiger partial charge in [-0.15, -0.1) is 11.3 Å². The van der Waals surface area contributed by atoms with E-state index in [9.17, 15) is 4.79 Å². The highest BCUT2D eigenvalue weighted by molar-refractivity contribution is 7.10. The molecule has 1 aromatic carbocycles. The third kappa shape index (κ3) is 3.93. The highest BCUT2D eigenvalue weighted by Crippen LogP contribution is 2.33. The Balaban J connectivity index is 1.52. The van der Waals surface area contributed by atoms with Crippen LogP contribution < -0.4 is 5.32 Å². The molecule has 6 heteroatoms. The lowest BCUT2D eigenvalue weighted by atomic mass is 10.0. The molecule has 0 saturated heterocycles. The van der Waals surface area contributed by atoms with Gasteiger partial charge in [0, 0.05) is 17.3 Å². The first-order chi connectivity index (χ1) is 13.6. The second-order valence-corrected chi connectivity index (χ2v) is 7.98. The van der Waals surface area contributed by atoms with Gasteiger partial charge in [-0.3, -0.25) is 4.79 Å². The van der Waals surface area contributed by atoms with Crippen molar-refractivity contribution in [1.29, 1.82) is 0 Å². The molecule has 1 N–H and O–H groups in total. The molecule has 144 valence electrons. The van der Waals surface area contributed by atoms with Crippen LogP contribution >= 0.6 is 11.3 Å². The predicted octanol–water partition coefficient (Wildman–Crippen LogP) is 4.68. The zero-order chi connectivity index (χ0) is 19.5. The maximum atomic E-state index is 13.0. The van der Waals surface area contributed by atoms with Crippen LogP contribution in [0.25, 0.3) is 0 Å². The van der Waals surface area contributed by atoms with E-state index in [1.54, 1.807) is 22.6 Å². The van der Waals surface area contributed by atoms with Crippen LogP contribution in [0.3, 0.4) is 0 Å². The fourth-order valence-corrected chi connectivity index (χ4v) is 4.08. The maximum absolute atomic E-state index is 13.0. The first-order valence-corrected chi connectivity index (χ1v) is 10.3. The van der Waals surface area contributed by atoms with E-state index in [0.717, 1.165) is 17.0 Å². The van der Waals surface area contributed by atoms with Crippen molar-refractivity contribution < 1.29 is 9.21 Å². The summed E-state index contributed by atoms with van der Waals surface area (Å²) in [5.74, 6) is 0.692. The summed E-state index contributed by atoms with van der Waals surface area (Å²) in [5.41, 5.74) is 3.14. The van der Waals surface area contributed by atoms with E-state index in [-0.39, 0.29) is 24.5 Å². The van der Waals surface area contributed by atoms with Crippen molar-refractivity contribution in [3.63, 3.8) is 0 Å². The van der Waals surface area contributed by atoms with Crippen molar-refractivity contribution in [1.82, 2.24) is 10.3 Å². The number of furan rings is 1. The summed E-state index contributed by atoms with van der Waals surface area (Å²) in [6, 6.07) is 16.0. The fraction of sp³-hybridized carbons (Fsp3) is 0.273. The number of amides is 1. The lowest BCUT2D eigenvalue weighted by molar-refractivity contribution is -0.132. The molecular formula is C22H23N3O2S. The van der Waals surface area contributed by atoms with E-state index in [2.05, 4.69) is 54.6 Å². The maximum Gasteiger partial charge on any atom is 0.257 e. The average Bonchev–Trinajstić information content (AvgIpc) is 3.47. The smallest absolute Gasteiger partial charge is 0.257 e. The van der Waals surface area contributed by atoms with Crippen LogP contribution in [0.4, 0.5) is 0 Å². The number of aryl methyl sites for hydroxylation is 1. The van der Waals surface area contributed by atoms with Gasteiger partial charge in [0.25, 0.3) is 5.91 Å². The molecule has 1 aliphatic rings. The highest BCUT2D eigenvalue weighted by atomic mass is 32.1. The van der Waals surface area contributed by atoms with Gasteiger partial charge in [-0.2, -0.15) is 5.10 Å². The van der Waals surface area contributed by atoms with Gasteiger partial charge in [-0.1, -0.05) is 35.9 Å². The van der Waals surface area contributed by atoms with Crippen molar-refractivity contribution in [3.8, 4) is 0 Å². The molecule has 0 aliphatic carbocycles. The first kappa shape index (κ1) is 18.7. The highest BCUT2D eigenvalue weighted by Gasteiger charge is 2.34. The number of nitrogens with zero attached hydrogens (tertiary/aromatic N) is 2. The van der Waals surface area contributed by atoms with E-state index in [1.165, 1.54) is 10.4 Å². The fourth-order valence-electron chi connectivity index (χ4n) is 3.32. The lowest BCUT2D eigenvalue weighted by Gasteiger charge is -2.21. The van der Waals surface area contributed by atoms with Crippen LogP contribution in [-0.2, 0) is 4.79 Å². The molecule has 0 unspecified atom stereocenters. The Bertz CT molecular complexity index is 946. The molecule has 0 spiro atoms. The molecule has 3 aromatic rings. The number of hydrogen-bond acceptors (Lipinski definition) is 5. The van der Waals surface area contributed by atoms with Crippen LogP contribution in [0.1, 0.15) is 47.2 Å². The Morgan fingerprint density at radius 2 is 2.11 bits per heavy atom. The van der Waals surface area contributed by atoms with Crippen molar-refractivity contribution in [2.75, 3.05) is 6.54 Å². The van der Waals surface area contributed by atoms with Gasteiger partial charge < -0.3 is 9.73 Å². The third-order valence-corrected chi connectivity index (χ3v) is 6.01. The molecule has 0 saturated carbocycles. The van der Waals surface area contributed by atoms with Crippen molar-refractivity contribution >= 4 is 23.0 Å². The Hall–Kier alpha value is -2.70. The van der Waals surface area contributed by atoms with E-state index >= 15 is 0 Å². The monoisotopic (exact) mass is 393 g/mol. The zero-order valence-electron chi connectivity index (χ0n) is 16.0. The normalized spacial score (nSPS) is 17.6. The lowest BCUT2D eigenvalue weighted by Crippen LogP contribution is -2.36. The number of thiophene rings is 1. The SMILES string of the molecule is Cc1ccc(C2=NN(C(=O)CN[C@H](C)c3cccs3)[C@@H](c3ccco3)C2)cc1. The van der Waals surface area contributed by atoms with Crippen molar-refractivity contribution in [2.24, 2.45) is 5.10 Å². The second-order valence-electron chi connectivity index (χ2n) is 7.00. The number of hydrazone groups is 1. The molecule has 1 aliphatic heterocycles. The number of benzene rings is 1. The molecular weight excluding hydrogens is 370 g/mol. The van der Waals surface area contributed by atoms with E-state index in [4.69, 9.17) is 4.42 Å². The topological polar surface area (TPSA) is 57.8 Å². The molecule has 0 radical (unpaired) electrons. The van der Waals surface area contributed by atoms with Gasteiger partial charge in [0.2, 0.25) is 0 Å². The van der Waals surface area contributed by atoms with Crippen LogP contribution in [0.5, 0.6) is 0 Å². The summed E-state index contributed by atoms with van der Waals surface area (Å²) >= 11 is 1.68. The van der Waals surface area contributed by atoms with E-state index < -0.39 is 0 Å². The van der Waals surface area contributed by atoms with Gasteiger partial charge in [0.15, 0.2) is 0 Å². The molecule has 0 bridgehead atoms. The van der Waals surface area contributed by atoms with Crippen molar-refractivity contribution in [2.45, 2.75) is 32.4 Å². The molecule has 3 heterocycles. The van der Waals surface area contributed by atoms with Crippen LogP contribution in [-0.4, -0.2) is 23.2 Å². The standard InChI is InChI=1S/C22H23N3O2S/c1-15-7-9-17(10-8-15)18-13-19(20-5-3-11-27-20)25(24-18)22(26)14-23-16(2)21-6-4-12-28-21/h3-12,16,19,23H,13-14H2,1-2H3/t16-,19-/m1/s1. The predicted molar refractivity (Wildman–Crippen MR) is 111 cm³/mol. The minimum atomic E-state index is -0.211. The van der Waals surface area contributed by atoms with Gasteiger partial charge in [-0.25, -0.2) is 5.01 Å². The minimum absolute atomic E-state index is 0.0630. The zero-order valence-corrected chi connectivity index (χ0v) is 16.8. The molecule has 28 heavy (non-hydrogen) atoms. The first-order valence-electron chi connectivity index (χ1n) is 9.38. The van der Waals surface area contributed by atoms with Gasteiger partial charge >= 0.3 is 0 Å². The van der Waals surface area contributed by atoms with Crippen molar-refractivity contribution in [3.05, 3.63) is 81.9 Å². The average molecular weight is 394 g/mol. The number of rotatable bonds is 6. The molecule has 5 nitrogen and oxygen atoms in total. The second kappa shape index (κ2) is 8.12. The summed E-state index contributed by atoms with van der Waals surface area (Å²) in [6.45, 7) is 4.34. The Morgan fingerprint density at radius 1 is 1.29 bits per heavy atom. The van der Waals surface area contributed by atoms with Gasteiger partial charge in [0.1, 0.15) is 11.8 Å². The number of carbonyl (C=O) groups is 1. The Kier molecular flexibility index (Phi) is 5.41.